The molecule has 0 radical (unpaired) electrons. The SMILES string of the molecule is C[C@@]12CCC[C@H]1[C@@H]1CC=C3CC(n4cccn4)CC[C@]3(C)[C@H]1CC2. The number of hydrogen-bond donors (Lipinski definition) is 0. The van der Waals surface area contributed by atoms with Crippen LogP contribution in [0.5, 0.6) is 0 Å². The van der Waals surface area contributed by atoms with Crippen LogP contribution in [0.1, 0.15) is 77.7 Å². The molecule has 5 rings (SSSR count). The molecule has 24 heavy (non-hydrogen) atoms. The molecular weight excluding hydrogens is 292 g/mol. The number of fused-ring (bicyclic) bond motifs is 5. The van der Waals surface area contributed by atoms with Crippen LogP contribution in [0.25, 0.3) is 0 Å². The molecule has 1 unspecified atom stereocenters. The van der Waals surface area contributed by atoms with Crippen LogP contribution in [-0.2, 0) is 0 Å². The molecule has 2 nitrogen and oxygen atoms in total. The second-order valence-corrected chi connectivity index (χ2v) is 9.73. The van der Waals surface area contributed by atoms with Gasteiger partial charge in [-0.1, -0.05) is 31.9 Å². The molecule has 130 valence electrons. The second-order valence-electron chi connectivity index (χ2n) is 9.73. The van der Waals surface area contributed by atoms with Gasteiger partial charge in [-0.2, -0.15) is 5.10 Å². The van der Waals surface area contributed by atoms with Crippen molar-refractivity contribution in [3.8, 4) is 0 Å². The van der Waals surface area contributed by atoms with Crippen molar-refractivity contribution in [1.82, 2.24) is 9.78 Å². The van der Waals surface area contributed by atoms with Crippen LogP contribution in [0.2, 0.25) is 0 Å². The predicted octanol–water partition coefficient (Wildman–Crippen LogP) is 5.78. The molecule has 1 aromatic heterocycles. The molecule has 4 aliphatic carbocycles. The van der Waals surface area contributed by atoms with Crippen LogP contribution in [0.3, 0.4) is 0 Å². The standard InChI is InChI=1S/C22H32N2/c1-21-10-3-5-19(21)18-7-6-16-15-17(24-14-4-13-23-24)8-12-22(16,2)20(18)9-11-21/h4,6,13-14,17-20H,3,5,7-12,15H2,1-2H3/t17?,18-,19-,20-,21-,22-/m0/s1. The lowest BCUT2D eigenvalue weighted by atomic mass is 9.48. The largest absolute Gasteiger partial charge is 0.269 e. The number of allylic oxidation sites excluding steroid dienone is 2. The van der Waals surface area contributed by atoms with Gasteiger partial charge in [-0.3, -0.25) is 4.68 Å². The summed E-state index contributed by atoms with van der Waals surface area (Å²) in [4.78, 5) is 0. The average Bonchev–Trinajstić information content (AvgIpc) is 3.23. The highest BCUT2D eigenvalue weighted by Gasteiger charge is 2.55. The van der Waals surface area contributed by atoms with E-state index < -0.39 is 0 Å². The third-order valence-corrected chi connectivity index (χ3v) is 8.76. The summed E-state index contributed by atoms with van der Waals surface area (Å²) in [5.74, 6) is 2.93. The molecule has 1 aromatic rings. The lowest BCUT2D eigenvalue weighted by molar-refractivity contribution is -0.0285. The molecule has 4 aliphatic rings. The lowest BCUT2D eigenvalue weighted by Crippen LogP contribution is -2.48. The van der Waals surface area contributed by atoms with Gasteiger partial charge in [-0.25, -0.2) is 0 Å². The van der Waals surface area contributed by atoms with Crippen molar-refractivity contribution in [3.05, 3.63) is 30.1 Å². The van der Waals surface area contributed by atoms with Crippen molar-refractivity contribution in [2.24, 2.45) is 28.6 Å². The predicted molar refractivity (Wildman–Crippen MR) is 97.6 cm³/mol. The van der Waals surface area contributed by atoms with Gasteiger partial charge in [0.1, 0.15) is 0 Å². The Morgan fingerprint density at radius 1 is 1.08 bits per heavy atom. The summed E-state index contributed by atoms with van der Waals surface area (Å²) in [7, 11) is 0. The minimum absolute atomic E-state index is 0.483. The van der Waals surface area contributed by atoms with Gasteiger partial charge in [0.05, 0.1) is 6.04 Å². The Labute approximate surface area is 146 Å². The fourth-order valence-electron chi connectivity index (χ4n) is 7.36. The van der Waals surface area contributed by atoms with Gasteiger partial charge in [0.2, 0.25) is 0 Å². The fraction of sp³-hybridized carbons (Fsp3) is 0.773. The van der Waals surface area contributed by atoms with Crippen molar-refractivity contribution in [1.29, 1.82) is 0 Å². The van der Waals surface area contributed by atoms with E-state index in [4.69, 9.17) is 0 Å². The second kappa shape index (κ2) is 5.22. The Kier molecular flexibility index (Phi) is 3.31. The summed E-state index contributed by atoms with van der Waals surface area (Å²) in [6.07, 6.45) is 19.5. The number of rotatable bonds is 1. The van der Waals surface area contributed by atoms with Gasteiger partial charge in [0, 0.05) is 12.4 Å². The average molecular weight is 325 g/mol. The molecule has 0 aliphatic heterocycles. The molecule has 0 N–H and O–H groups in total. The molecule has 0 amide bonds. The van der Waals surface area contributed by atoms with E-state index in [9.17, 15) is 0 Å². The zero-order valence-corrected chi connectivity index (χ0v) is 15.4. The first-order chi connectivity index (χ1) is 11.6. The van der Waals surface area contributed by atoms with E-state index in [-0.39, 0.29) is 0 Å². The van der Waals surface area contributed by atoms with E-state index in [1.165, 1.54) is 57.8 Å². The maximum absolute atomic E-state index is 4.52. The Balaban J connectivity index is 1.44. The maximum atomic E-state index is 4.52. The molecule has 0 bridgehead atoms. The first-order valence-electron chi connectivity index (χ1n) is 10.3. The summed E-state index contributed by atoms with van der Waals surface area (Å²) in [6.45, 7) is 5.23. The van der Waals surface area contributed by atoms with Gasteiger partial charge in [0.25, 0.3) is 0 Å². The normalized spacial score (nSPS) is 47.5. The number of nitrogens with zero attached hydrogens (tertiary/aromatic N) is 2. The van der Waals surface area contributed by atoms with Gasteiger partial charge >= 0.3 is 0 Å². The number of aromatic nitrogens is 2. The zero-order valence-electron chi connectivity index (χ0n) is 15.4. The van der Waals surface area contributed by atoms with Crippen LogP contribution >= 0.6 is 0 Å². The Bertz CT molecular complexity index is 645. The highest BCUT2D eigenvalue weighted by molar-refractivity contribution is 5.25. The summed E-state index contributed by atoms with van der Waals surface area (Å²) in [5.41, 5.74) is 2.93. The van der Waals surface area contributed by atoms with E-state index in [1.807, 2.05) is 6.20 Å². The van der Waals surface area contributed by atoms with Crippen LogP contribution in [-0.4, -0.2) is 9.78 Å². The van der Waals surface area contributed by atoms with Crippen molar-refractivity contribution in [2.75, 3.05) is 0 Å². The molecule has 3 fully saturated rings. The van der Waals surface area contributed by atoms with Crippen LogP contribution in [0.4, 0.5) is 0 Å². The van der Waals surface area contributed by atoms with E-state index in [2.05, 4.69) is 42.0 Å². The van der Waals surface area contributed by atoms with Gasteiger partial charge < -0.3 is 0 Å². The Hall–Kier alpha value is -1.05. The monoisotopic (exact) mass is 324 g/mol. The molecule has 2 heteroatoms. The Morgan fingerprint density at radius 3 is 2.83 bits per heavy atom. The molecule has 6 atom stereocenters. The van der Waals surface area contributed by atoms with Gasteiger partial charge in [-0.05, 0) is 86.0 Å². The van der Waals surface area contributed by atoms with Crippen molar-refractivity contribution in [2.45, 2.75) is 77.7 Å². The van der Waals surface area contributed by atoms with E-state index in [0.717, 1.165) is 17.8 Å². The maximum Gasteiger partial charge on any atom is 0.0556 e. The number of hydrogen-bond acceptors (Lipinski definition) is 1. The minimum atomic E-state index is 0.483. The summed E-state index contributed by atoms with van der Waals surface area (Å²) in [6, 6.07) is 2.66. The van der Waals surface area contributed by atoms with Crippen LogP contribution in [0.15, 0.2) is 30.1 Å². The molecule has 3 saturated carbocycles. The van der Waals surface area contributed by atoms with E-state index in [0.29, 0.717) is 16.9 Å². The van der Waals surface area contributed by atoms with Gasteiger partial charge in [-0.15, -0.1) is 0 Å². The fourth-order valence-corrected chi connectivity index (χ4v) is 7.36. The smallest absolute Gasteiger partial charge is 0.0556 e. The van der Waals surface area contributed by atoms with Crippen molar-refractivity contribution >= 4 is 0 Å². The van der Waals surface area contributed by atoms with E-state index >= 15 is 0 Å². The third-order valence-electron chi connectivity index (χ3n) is 8.76. The quantitative estimate of drug-likeness (QED) is 0.599. The molecular formula is C22H32N2. The first kappa shape index (κ1) is 15.2. The zero-order chi connectivity index (χ0) is 16.4. The topological polar surface area (TPSA) is 17.8 Å². The summed E-state index contributed by atoms with van der Waals surface area (Å²) in [5, 5.41) is 4.52. The molecule has 0 spiro atoms. The Morgan fingerprint density at radius 2 is 2.00 bits per heavy atom. The van der Waals surface area contributed by atoms with Crippen molar-refractivity contribution in [3.63, 3.8) is 0 Å². The van der Waals surface area contributed by atoms with Gasteiger partial charge in [0.15, 0.2) is 0 Å². The van der Waals surface area contributed by atoms with E-state index in [1.54, 1.807) is 5.57 Å². The first-order valence-corrected chi connectivity index (χ1v) is 10.3. The summed E-state index contributed by atoms with van der Waals surface area (Å²) >= 11 is 0. The molecule has 0 saturated heterocycles. The van der Waals surface area contributed by atoms with Crippen LogP contribution < -0.4 is 0 Å². The molecule has 0 aromatic carbocycles. The van der Waals surface area contributed by atoms with Crippen molar-refractivity contribution < 1.29 is 0 Å². The minimum Gasteiger partial charge on any atom is -0.269 e. The third kappa shape index (κ3) is 2.04. The lowest BCUT2D eigenvalue weighted by Gasteiger charge is -2.57. The van der Waals surface area contributed by atoms with Crippen LogP contribution in [0, 0.1) is 28.6 Å². The summed E-state index contributed by atoms with van der Waals surface area (Å²) < 4.78 is 2.21. The highest BCUT2D eigenvalue weighted by Crippen LogP contribution is 2.65. The highest BCUT2D eigenvalue weighted by atomic mass is 15.3. The molecule has 1 heterocycles.